The van der Waals surface area contributed by atoms with E-state index in [2.05, 4.69) is 10.6 Å². The van der Waals surface area contributed by atoms with E-state index >= 15 is 0 Å². The molecule has 30 heavy (non-hydrogen) atoms. The van der Waals surface area contributed by atoms with Crippen LogP contribution in [-0.4, -0.2) is 75.3 Å². The average molecular weight is 421 g/mol. The molecule has 1 fully saturated rings. The van der Waals surface area contributed by atoms with E-state index in [1.54, 1.807) is 36.3 Å². The van der Waals surface area contributed by atoms with Gasteiger partial charge < -0.3 is 24.8 Å². The lowest BCUT2D eigenvalue weighted by Crippen LogP contribution is -2.57. The van der Waals surface area contributed by atoms with Crippen molar-refractivity contribution in [3.05, 3.63) is 24.3 Å². The molecule has 0 saturated carbocycles. The van der Waals surface area contributed by atoms with Gasteiger partial charge >= 0.3 is 5.97 Å². The molecule has 0 bridgehead atoms. The van der Waals surface area contributed by atoms with Crippen molar-refractivity contribution in [1.29, 1.82) is 0 Å². The lowest BCUT2D eigenvalue weighted by Gasteiger charge is -2.33. The molecule has 1 heterocycles. The molecule has 166 valence electrons. The first-order valence-electron chi connectivity index (χ1n) is 10.2. The zero-order valence-electron chi connectivity index (χ0n) is 17.6. The minimum Gasteiger partial charge on any atom is -0.491 e. The number of carbonyl (C=O) groups is 3. The van der Waals surface area contributed by atoms with Gasteiger partial charge in [0.2, 0.25) is 11.8 Å². The van der Waals surface area contributed by atoms with Gasteiger partial charge in [-0.05, 0) is 30.7 Å². The first-order chi connectivity index (χ1) is 14.5. The molecule has 9 heteroatoms. The fraction of sp³-hybridized carbons (Fsp3) is 0.571. The van der Waals surface area contributed by atoms with Gasteiger partial charge in [0, 0.05) is 25.9 Å². The van der Waals surface area contributed by atoms with Crippen LogP contribution in [0.25, 0.3) is 0 Å². The number of hydrogen-bond donors (Lipinski definition) is 2. The van der Waals surface area contributed by atoms with Crippen LogP contribution in [0.3, 0.4) is 0 Å². The van der Waals surface area contributed by atoms with E-state index in [9.17, 15) is 14.4 Å². The minimum absolute atomic E-state index is 0.00637. The smallest absolute Gasteiger partial charge is 0.307 e. The second kappa shape index (κ2) is 12.8. The van der Waals surface area contributed by atoms with Crippen molar-refractivity contribution in [3.63, 3.8) is 0 Å². The highest BCUT2D eigenvalue weighted by Crippen LogP contribution is 2.16. The van der Waals surface area contributed by atoms with Crippen LogP contribution in [0, 0.1) is 0 Å². The normalized spacial score (nSPS) is 16.6. The van der Waals surface area contributed by atoms with Gasteiger partial charge in [0.15, 0.2) is 0 Å². The Morgan fingerprint density at radius 1 is 1.20 bits per heavy atom. The summed E-state index contributed by atoms with van der Waals surface area (Å²) in [5, 5.41) is 5.55. The zero-order valence-corrected chi connectivity index (χ0v) is 17.6. The van der Waals surface area contributed by atoms with E-state index in [1.165, 1.54) is 0 Å². The molecule has 1 aromatic rings. The van der Waals surface area contributed by atoms with Crippen molar-refractivity contribution in [1.82, 2.24) is 10.2 Å². The summed E-state index contributed by atoms with van der Waals surface area (Å²) < 4.78 is 15.6. The number of benzene rings is 1. The first kappa shape index (κ1) is 23.6. The highest BCUT2D eigenvalue weighted by molar-refractivity contribution is 5.93. The number of methoxy groups -OCH3 is 1. The van der Waals surface area contributed by atoms with E-state index < -0.39 is 12.0 Å². The summed E-state index contributed by atoms with van der Waals surface area (Å²) in [5.74, 6) is -0.277. The Balaban J connectivity index is 1.86. The monoisotopic (exact) mass is 421 g/mol. The fourth-order valence-corrected chi connectivity index (χ4v) is 2.98. The number of carbonyl (C=O) groups excluding carboxylic acids is 3. The highest BCUT2D eigenvalue weighted by Gasteiger charge is 2.33. The van der Waals surface area contributed by atoms with Crippen molar-refractivity contribution >= 4 is 23.5 Å². The third-order valence-electron chi connectivity index (χ3n) is 4.60. The summed E-state index contributed by atoms with van der Waals surface area (Å²) >= 11 is 0. The molecule has 2 N–H and O–H groups in total. The largest absolute Gasteiger partial charge is 0.491 e. The van der Waals surface area contributed by atoms with Crippen molar-refractivity contribution in [2.24, 2.45) is 0 Å². The van der Waals surface area contributed by atoms with Crippen molar-refractivity contribution in [3.8, 4) is 5.75 Å². The van der Waals surface area contributed by atoms with Crippen LogP contribution in [0.15, 0.2) is 24.3 Å². The van der Waals surface area contributed by atoms with E-state index in [4.69, 9.17) is 14.2 Å². The third-order valence-corrected chi connectivity index (χ3v) is 4.60. The molecule has 2 amide bonds. The van der Waals surface area contributed by atoms with E-state index in [-0.39, 0.29) is 24.8 Å². The van der Waals surface area contributed by atoms with Crippen LogP contribution in [0.2, 0.25) is 0 Å². The number of nitrogens with zero attached hydrogens (tertiary/aromatic N) is 1. The number of esters is 1. The Bertz CT molecular complexity index is 694. The summed E-state index contributed by atoms with van der Waals surface area (Å²) in [7, 11) is 1.61. The zero-order chi connectivity index (χ0) is 21.8. The van der Waals surface area contributed by atoms with Crippen LogP contribution in [-0.2, 0) is 23.9 Å². The summed E-state index contributed by atoms with van der Waals surface area (Å²) in [6.45, 7) is 4.21. The molecule has 1 aliphatic heterocycles. The van der Waals surface area contributed by atoms with Gasteiger partial charge in [-0.25, -0.2) is 0 Å². The molecule has 1 aromatic carbocycles. The predicted molar refractivity (Wildman–Crippen MR) is 111 cm³/mol. The molecule has 0 spiro atoms. The molecule has 0 aromatic heterocycles. The van der Waals surface area contributed by atoms with Crippen molar-refractivity contribution in [2.45, 2.75) is 32.2 Å². The molecule has 9 nitrogen and oxygen atoms in total. The lowest BCUT2D eigenvalue weighted by atomic mass is 10.1. The standard InChI is InChI=1S/C21H31N3O6/c1-3-4-11-30-20(26)14-18-21(27)22-9-10-24(18)15-19(25)23-16-5-7-17(8-6-16)29-13-12-28-2/h5-8,18H,3-4,9-15H2,1-2H3,(H,22,27)(H,23,25). The van der Waals surface area contributed by atoms with Gasteiger partial charge in [-0.3, -0.25) is 19.3 Å². The van der Waals surface area contributed by atoms with Gasteiger partial charge in [-0.1, -0.05) is 13.3 Å². The van der Waals surface area contributed by atoms with Gasteiger partial charge in [0.25, 0.3) is 0 Å². The lowest BCUT2D eigenvalue weighted by molar-refractivity contribution is -0.149. The van der Waals surface area contributed by atoms with Gasteiger partial charge in [-0.2, -0.15) is 0 Å². The highest BCUT2D eigenvalue weighted by atomic mass is 16.5. The SMILES string of the molecule is CCCCOC(=O)CC1C(=O)NCCN1CC(=O)Nc1ccc(OCCOC)cc1. The molecule has 1 unspecified atom stereocenters. The molecule has 1 aliphatic rings. The fourth-order valence-electron chi connectivity index (χ4n) is 2.98. The van der Waals surface area contributed by atoms with Gasteiger partial charge in [-0.15, -0.1) is 0 Å². The van der Waals surface area contributed by atoms with Gasteiger partial charge in [0.05, 0.1) is 26.2 Å². The van der Waals surface area contributed by atoms with Gasteiger partial charge in [0.1, 0.15) is 18.4 Å². The Morgan fingerprint density at radius 3 is 2.67 bits per heavy atom. The molecule has 1 saturated heterocycles. The first-order valence-corrected chi connectivity index (χ1v) is 10.2. The van der Waals surface area contributed by atoms with E-state index in [0.29, 0.717) is 44.3 Å². The predicted octanol–water partition coefficient (Wildman–Crippen LogP) is 1.18. The average Bonchev–Trinajstić information content (AvgIpc) is 2.72. The number of rotatable bonds is 12. The second-order valence-electron chi connectivity index (χ2n) is 6.97. The maximum atomic E-state index is 12.5. The molecular formula is C21H31N3O6. The molecule has 0 aliphatic carbocycles. The number of hydrogen-bond acceptors (Lipinski definition) is 7. The summed E-state index contributed by atoms with van der Waals surface area (Å²) in [5.41, 5.74) is 0.621. The Kier molecular flexibility index (Phi) is 10.1. The Morgan fingerprint density at radius 2 is 1.97 bits per heavy atom. The van der Waals surface area contributed by atoms with Crippen molar-refractivity contribution in [2.75, 3.05) is 51.9 Å². The maximum Gasteiger partial charge on any atom is 0.307 e. The van der Waals surface area contributed by atoms with Crippen LogP contribution in [0.5, 0.6) is 5.75 Å². The minimum atomic E-state index is -0.713. The molecular weight excluding hydrogens is 390 g/mol. The number of ether oxygens (including phenoxy) is 3. The van der Waals surface area contributed by atoms with Crippen LogP contribution in [0.4, 0.5) is 5.69 Å². The van der Waals surface area contributed by atoms with Crippen LogP contribution < -0.4 is 15.4 Å². The topological polar surface area (TPSA) is 106 Å². The third kappa shape index (κ3) is 8.00. The van der Waals surface area contributed by atoms with E-state index in [1.807, 2.05) is 6.92 Å². The number of anilines is 1. The van der Waals surface area contributed by atoms with E-state index in [0.717, 1.165) is 12.8 Å². The quantitative estimate of drug-likeness (QED) is 0.386. The summed E-state index contributed by atoms with van der Waals surface area (Å²) in [6, 6.07) is 6.29. The Hall–Kier alpha value is -2.65. The Labute approximate surface area is 177 Å². The van der Waals surface area contributed by atoms with Crippen molar-refractivity contribution < 1.29 is 28.6 Å². The summed E-state index contributed by atoms with van der Waals surface area (Å²) in [6.07, 6.45) is 1.63. The molecule has 1 atom stereocenters. The number of piperazine rings is 1. The maximum absolute atomic E-state index is 12.5. The molecule has 2 rings (SSSR count). The van der Waals surface area contributed by atoms with Crippen LogP contribution >= 0.6 is 0 Å². The second-order valence-corrected chi connectivity index (χ2v) is 6.97. The molecule has 0 radical (unpaired) electrons. The summed E-state index contributed by atoms with van der Waals surface area (Å²) in [4.78, 5) is 38.5. The number of unbranched alkanes of at least 4 members (excludes halogenated alkanes) is 1. The van der Waals surface area contributed by atoms with Crippen LogP contribution in [0.1, 0.15) is 26.2 Å². The number of amides is 2. The number of nitrogens with one attached hydrogen (secondary N) is 2.